The fraction of sp³-hybridized carbons (Fsp3) is 0.278. The Morgan fingerprint density at radius 1 is 1.22 bits per heavy atom. The van der Waals surface area contributed by atoms with Crippen LogP contribution in [0.1, 0.15) is 38.9 Å². The number of nitrogens with zero attached hydrogens (tertiary/aromatic N) is 4. The van der Waals surface area contributed by atoms with Crippen LogP contribution in [0, 0.1) is 0 Å². The van der Waals surface area contributed by atoms with Gasteiger partial charge in [0, 0.05) is 12.3 Å². The van der Waals surface area contributed by atoms with E-state index in [4.69, 9.17) is 0 Å². The maximum absolute atomic E-state index is 12.0. The Balaban J connectivity index is 2.33. The number of allylic oxidation sites excluding steroid dienone is 1. The van der Waals surface area contributed by atoms with Crippen molar-refractivity contribution in [1.82, 2.24) is 19.4 Å². The summed E-state index contributed by atoms with van der Waals surface area (Å²) < 4.78 is 3.33. The Bertz CT molecular complexity index is 934. The fourth-order valence-electron chi connectivity index (χ4n) is 2.59. The lowest BCUT2D eigenvalue weighted by Crippen LogP contribution is -2.23. The van der Waals surface area contributed by atoms with Crippen LogP contribution in [0.2, 0.25) is 0 Å². The van der Waals surface area contributed by atoms with Gasteiger partial charge in [-0.15, -0.1) is 0 Å². The molecular formula is C18H20N4O. The number of hydrogen-bond donors (Lipinski definition) is 0. The molecule has 0 aromatic carbocycles. The molecule has 0 aliphatic rings. The molecular weight excluding hydrogens is 288 g/mol. The van der Waals surface area contributed by atoms with Crippen molar-refractivity contribution >= 4 is 11.1 Å². The highest BCUT2D eigenvalue weighted by molar-refractivity contribution is 5.87. The predicted octanol–water partition coefficient (Wildman–Crippen LogP) is 3.56. The number of aromatic nitrogens is 4. The summed E-state index contributed by atoms with van der Waals surface area (Å²) >= 11 is 0. The van der Waals surface area contributed by atoms with Crippen molar-refractivity contribution in [1.29, 1.82) is 0 Å². The van der Waals surface area contributed by atoms with Gasteiger partial charge in [0.1, 0.15) is 0 Å². The molecule has 0 aliphatic carbocycles. The summed E-state index contributed by atoms with van der Waals surface area (Å²) in [6, 6.07) is 9.23. The summed E-state index contributed by atoms with van der Waals surface area (Å²) in [5.41, 5.74) is 4.30. The monoisotopic (exact) mass is 308 g/mol. The number of rotatable bonds is 4. The number of fused-ring (bicyclic) bond motifs is 1. The molecule has 5 heteroatoms. The van der Waals surface area contributed by atoms with E-state index in [-0.39, 0.29) is 11.6 Å². The van der Waals surface area contributed by atoms with Gasteiger partial charge in [0.05, 0.1) is 28.5 Å². The van der Waals surface area contributed by atoms with E-state index in [0.29, 0.717) is 0 Å². The summed E-state index contributed by atoms with van der Waals surface area (Å²) in [5.74, 6) is 0. The molecule has 0 bridgehead atoms. The molecule has 3 rings (SSSR count). The van der Waals surface area contributed by atoms with Crippen molar-refractivity contribution in [2.75, 3.05) is 0 Å². The van der Waals surface area contributed by atoms with Crippen molar-refractivity contribution in [3.05, 3.63) is 59.2 Å². The third-order valence-corrected chi connectivity index (χ3v) is 3.87. The molecule has 3 aromatic rings. The van der Waals surface area contributed by atoms with E-state index in [1.165, 1.54) is 4.68 Å². The van der Waals surface area contributed by atoms with Crippen LogP contribution < -0.4 is 5.56 Å². The van der Waals surface area contributed by atoms with Crippen molar-refractivity contribution in [2.24, 2.45) is 0 Å². The second-order valence-corrected chi connectivity index (χ2v) is 5.81. The molecule has 0 amide bonds. The average molecular weight is 308 g/mol. The van der Waals surface area contributed by atoms with E-state index in [1.807, 2.05) is 42.8 Å². The van der Waals surface area contributed by atoms with Gasteiger partial charge in [0.2, 0.25) is 0 Å². The summed E-state index contributed by atoms with van der Waals surface area (Å²) in [6.07, 6.45) is 2.71. The van der Waals surface area contributed by atoms with Crippen LogP contribution in [0.4, 0.5) is 0 Å². The fourth-order valence-corrected chi connectivity index (χ4v) is 2.59. The van der Waals surface area contributed by atoms with Gasteiger partial charge in [-0.3, -0.25) is 4.79 Å². The van der Waals surface area contributed by atoms with Crippen LogP contribution >= 0.6 is 0 Å². The summed E-state index contributed by atoms with van der Waals surface area (Å²) in [4.78, 5) is 12.0. The minimum atomic E-state index is -0.101. The van der Waals surface area contributed by atoms with Gasteiger partial charge < -0.3 is 0 Å². The summed E-state index contributed by atoms with van der Waals surface area (Å²) in [7, 11) is 0. The first kappa shape index (κ1) is 15.2. The van der Waals surface area contributed by atoms with Crippen molar-refractivity contribution in [2.45, 2.75) is 33.2 Å². The first-order chi connectivity index (χ1) is 11.0. The molecule has 5 nitrogen and oxygen atoms in total. The minimum Gasteiger partial charge on any atom is -0.268 e. The first-order valence-corrected chi connectivity index (χ1v) is 7.78. The van der Waals surface area contributed by atoms with Gasteiger partial charge in [-0.25, -0.2) is 9.20 Å². The molecule has 0 N–H and O–H groups in total. The van der Waals surface area contributed by atoms with Crippen molar-refractivity contribution in [3.63, 3.8) is 0 Å². The van der Waals surface area contributed by atoms with Crippen LogP contribution in [0.3, 0.4) is 0 Å². The molecule has 0 unspecified atom stereocenters. The van der Waals surface area contributed by atoms with Gasteiger partial charge in [-0.1, -0.05) is 19.6 Å². The molecule has 0 spiro atoms. The quantitative estimate of drug-likeness (QED) is 0.740. The van der Waals surface area contributed by atoms with Gasteiger partial charge in [0.15, 0.2) is 0 Å². The molecule has 3 aromatic heterocycles. The Morgan fingerprint density at radius 3 is 2.70 bits per heavy atom. The van der Waals surface area contributed by atoms with Gasteiger partial charge in [-0.05, 0) is 44.0 Å². The third-order valence-electron chi connectivity index (χ3n) is 3.87. The maximum Gasteiger partial charge on any atom is 0.267 e. The summed E-state index contributed by atoms with van der Waals surface area (Å²) in [5, 5.41) is 9.20. The van der Waals surface area contributed by atoms with E-state index < -0.39 is 0 Å². The first-order valence-electron chi connectivity index (χ1n) is 7.78. The highest BCUT2D eigenvalue weighted by Gasteiger charge is 2.18. The normalized spacial score (nSPS) is 11.3. The van der Waals surface area contributed by atoms with Crippen molar-refractivity contribution < 1.29 is 0 Å². The van der Waals surface area contributed by atoms with Gasteiger partial charge in [0.25, 0.3) is 5.56 Å². The SMILES string of the molecule is C=C(CC)c1nn2ccccc2c1-c1ccc(=O)n(C(C)C)n1. The van der Waals surface area contributed by atoms with E-state index in [0.717, 1.165) is 34.5 Å². The molecule has 0 saturated carbocycles. The Hall–Kier alpha value is -2.69. The summed E-state index contributed by atoms with van der Waals surface area (Å²) in [6.45, 7) is 10.1. The van der Waals surface area contributed by atoms with E-state index >= 15 is 0 Å². The molecule has 0 atom stereocenters. The molecule has 118 valence electrons. The third kappa shape index (κ3) is 2.59. The maximum atomic E-state index is 12.0. The van der Waals surface area contributed by atoms with Crippen LogP contribution in [0.15, 0.2) is 47.9 Å². The minimum absolute atomic E-state index is 0.00196. The molecule has 0 radical (unpaired) electrons. The zero-order chi connectivity index (χ0) is 16.6. The smallest absolute Gasteiger partial charge is 0.267 e. The van der Waals surface area contributed by atoms with Crippen LogP contribution in [0.5, 0.6) is 0 Å². The molecule has 0 fully saturated rings. The molecule has 23 heavy (non-hydrogen) atoms. The molecule has 3 heterocycles. The predicted molar refractivity (Wildman–Crippen MR) is 92.4 cm³/mol. The molecule has 0 saturated heterocycles. The highest BCUT2D eigenvalue weighted by atomic mass is 16.1. The van der Waals surface area contributed by atoms with E-state index in [9.17, 15) is 4.79 Å². The topological polar surface area (TPSA) is 52.2 Å². The largest absolute Gasteiger partial charge is 0.268 e. The number of hydrogen-bond acceptors (Lipinski definition) is 3. The standard InChI is InChI=1S/C18H20N4O/c1-5-13(4)18-17(15-8-6-7-11-21(15)20-18)14-9-10-16(23)22(19-14)12(2)3/h6-12H,4-5H2,1-3H3. The van der Waals surface area contributed by atoms with E-state index in [2.05, 4.69) is 23.7 Å². The van der Waals surface area contributed by atoms with E-state index in [1.54, 1.807) is 12.1 Å². The lowest BCUT2D eigenvalue weighted by molar-refractivity contribution is 0.505. The second-order valence-electron chi connectivity index (χ2n) is 5.81. The average Bonchev–Trinajstić information content (AvgIpc) is 2.94. The lowest BCUT2D eigenvalue weighted by Gasteiger charge is -2.10. The van der Waals surface area contributed by atoms with Gasteiger partial charge >= 0.3 is 0 Å². The lowest BCUT2D eigenvalue weighted by atomic mass is 10.0. The highest BCUT2D eigenvalue weighted by Crippen LogP contribution is 2.31. The second kappa shape index (κ2) is 5.83. The zero-order valence-corrected chi connectivity index (χ0v) is 13.7. The Labute approximate surface area is 134 Å². The number of pyridine rings is 1. The van der Waals surface area contributed by atoms with Crippen LogP contribution in [-0.2, 0) is 0 Å². The Morgan fingerprint density at radius 2 is 2.00 bits per heavy atom. The van der Waals surface area contributed by atoms with Gasteiger partial charge in [-0.2, -0.15) is 10.2 Å². The molecule has 0 aliphatic heterocycles. The Kier molecular flexibility index (Phi) is 3.86. The van der Waals surface area contributed by atoms with Crippen LogP contribution in [0.25, 0.3) is 22.3 Å². The zero-order valence-electron chi connectivity index (χ0n) is 13.7. The van der Waals surface area contributed by atoms with Crippen molar-refractivity contribution in [3.8, 4) is 11.3 Å². The van der Waals surface area contributed by atoms with Crippen LogP contribution in [-0.4, -0.2) is 19.4 Å².